The number of nitrogens with one attached hydrogen (secondary N) is 1. The zero-order valence-electron chi connectivity index (χ0n) is 19.9. The van der Waals surface area contributed by atoms with Gasteiger partial charge in [0.2, 0.25) is 5.91 Å². The fourth-order valence-electron chi connectivity index (χ4n) is 5.52. The number of anilines is 1. The summed E-state index contributed by atoms with van der Waals surface area (Å²) in [4.78, 5) is 27.0. The highest BCUT2D eigenvalue weighted by Crippen LogP contribution is 2.28. The van der Waals surface area contributed by atoms with Crippen LogP contribution in [0.15, 0.2) is 65.2 Å². The highest BCUT2D eigenvalue weighted by atomic mass is 16.4. The van der Waals surface area contributed by atoms with E-state index in [1.807, 2.05) is 36.5 Å². The Bertz CT molecular complexity index is 1300. The van der Waals surface area contributed by atoms with Gasteiger partial charge in [-0.15, -0.1) is 0 Å². The Morgan fingerprint density at radius 2 is 1.86 bits per heavy atom. The van der Waals surface area contributed by atoms with Gasteiger partial charge >= 0.3 is 0 Å². The third-order valence-corrected chi connectivity index (χ3v) is 7.39. The number of fused-ring (bicyclic) bond motifs is 2. The second-order valence-corrected chi connectivity index (χ2v) is 9.70. The fourth-order valence-corrected chi connectivity index (χ4v) is 5.52. The molecule has 35 heavy (non-hydrogen) atoms. The molecule has 2 saturated heterocycles. The predicted octanol–water partition coefficient (Wildman–Crippen LogP) is 4.17. The van der Waals surface area contributed by atoms with Gasteiger partial charge in [0.1, 0.15) is 11.6 Å². The van der Waals surface area contributed by atoms with Crippen molar-refractivity contribution in [2.45, 2.75) is 44.2 Å². The lowest BCUT2D eigenvalue weighted by Gasteiger charge is -2.34. The average Bonchev–Trinajstić information content (AvgIpc) is 3.54. The molecular weight excluding hydrogens is 438 g/mol. The number of benzene rings is 2. The Morgan fingerprint density at radius 3 is 2.77 bits per heavy atom. The topological polar surface area (TPSA) is 74.5 Å². The summed E-state index contributed by atoms with van der Waals surface area (Å²) in [7, 11) is 0. The minimum Gasteiger partial charge on any atom is -0.423 e. The smallest absolute Gasteiger partial charge is 0.299 e. The monoisotopic (exact) mass is 469 g/mol. The molecular formula is C28H31N5O2. The van der Waals surface area contributed by atoms with Crippen LogP contribution in [0.25, 0.3) is 22.0 Å². The number of likely N-dealkylation sites (tertiary alicyclic amines) is 1. The molecule has 2 atom stereocenters. The summed E-state index contributed by atoms with van der Waals surface area (Å²) in [5.74, 6) is 0.0962. The Labute approximate surface area is 205 Å². The Balaban J connectivity index is 1.07. The molecule has 0 radical (unpaired) electrons. The number of amides is 1. The van der Waals surface area contributed by atoms with E-state index in [1.165, 1.54) is 10.9 Å². The molecule has 0 aliphatic carbocycles. The summed E-state index contributed by atoms with van der Waals surface area (Å²) < 4.78 is 6.00. The van der Waals surface area contributed by atoms with Crippen LogP contribution < -0.4 is 10.2 Å². The van der Waals surface area contributed by atoms with Crippen molar-refractivity contribution in [1.29, 1.82) is 0 Å². The molecule has 0 bridgehead atoms. The second-order valence-electron chi connectivity index (χ2n) is 9.70. The second kappa shape index (κ2) is 9.66. The highest BCUT2D eigenvalue weighted by Gasteiger charge is 2.34. The number of aromatic nitrogens is 2. The zero-order valence-corrected chi connectivity index (χ0v) is 19.9. The molecule has 2 aliphatic rings. The van der Waals surface area contributed by atoms with E-state index in [2.05, 4.69) is 49.4 Å². The third kappa shape index (κ3) is 4.60. The van der Waals surface area contributed by atoms with Crippen LogP contribution in [0.4, 0.5) is 6.01 Å². The predicted molar refractivity (Wildman–Crippen MR) is 137 cm³/mol. The number of carbonyl (C=O) groups is 1. The molecule has 7 nitrogen and oxygen atoms in total. The lowest BCUT2D eigenvalue weighted by molar-refractivity contribution is -0.123. The van der Waals surface area contributed by atoms with Crippen LogP contribution in [0.2, 0.25) is 0 Å². The van der Waals surface area contributed by atoms with E-state index >= 15 is 0 Å². The van der Waals surface area contributed by atoms with Crippen LogP contribution in [0.3, 0.4) is 0 Å². The summed E-state index contributed by atoms with van der Waals surface area (Å²) >= 11 is 0. The molecule has 2 unspecified atom stereocenters. The van der Waals surface area contributed by atoms with Gasteiger partial charge in [0.25, 0.3) is 6.01 Å². The number of nitrogens with zero attached hydrogens (tertiary/aromatic N) is 4. The SMILES string of the molecule is O=C(NC1CCN(CCc2ccnc3ccccc23)C1)C1CCCCN1c1nc2ccccc2o1. The van der Waals surface area contributed by atoms with Crippen LogP contribution in [0.5, 0.6) is 0 Å². The summed E-state index contributed by atoms with van der Waals surface area (Å²) in [6, 6.07) is 18.7. The van der Waals surface area contributed by atoms with Crippen molar-refractivity contribution in [3.05, 3.63) is 66.4 Å². The molecule has 4 aromatic rings. The van der Waals surface area contributed by atoms with Gasteiger partial charge in [0.15, 0.2) is 5.58 Å². The first-order chi connectivity index (χ1) is 17.2. The number of rotatable bonds is 6. The van der Waals surface area contributed by atoms with Gasteiger partial charge in [-0.3, -0.25) is 9.78 Å². The Hall–Kier alpha value is -3.45. The van der Waals surface area contributed by atoms with E-state index in [1.54, 1.807) is 0 Å². The number of oxazole rings is 1. The van der Waals surface area contributed by atoms with Gasteiger partial charge < -0.3 is 19.5 Å². The number of hydrogen-bond donors (Lipinski definition) is 1. The molecule has 2 aromatic carbocycles. The van der Waals surface area contributed by atoms with Crippen LogP contribution in [-0.4, -0.2) is 59.0 Å². The fraction of sp³-hybridized carbons (Fsp3) is 0.393. The van der Waals surface area contributed by atoms with Crippen molar-refractivity contribution >= 4 is 33.9 Å². The van der Waals surface area contributed by atoms with Crippen molar-refractivity contribution in [2.75, 3.05) is 31.1 Å². The quantitative estimate of drug-likeness (QED) is 0.457. The molecule has 6 rings (SSSR count). The first-order valence-corrected chi connectivity index (χ1v) is 12.7. The molecule has 2 aliphatic heterocycles. The molecule has 2 fully saturated rings. The number of carbonyl (C=O) groups excluding carboxylic acids is 1. The standard InChI is InChI=1S/C28H31N5O2/c34-27(25-10-5-6-16-33(25)28-31-24-9-3-4-11-26(24)35-28)30-21-14-18-32(19-21)17-13-20-12-15-29-23-8-2-1-7-22(20)23/h1-4,7-9,11-12,15,21,25H,5-6,10,13-14,16-19H2,(H,30,34). The van der Waals surface area contributed by atoms with Gasteiger partial charge in [-0.1, -0.05) is 30.3 Å². The number of para-hydroxylation sites is 3. The van der Waals surface area contributed by atoms with E-state index in [-0.39, 0.29) is 18.0 Å². The molecule has 7 heteroatoms. The molecule has 1 N–H and O–H groups in total. The molecule has 1 amide bonds. The van der Waals surface area contributed by atoms with Gasteiger partial charge in [-0.2, -0.15) is 4.98 Å². The van der Waals surface area contributed by atoms with Crippen molar-refractivity contribution < 1.29 is 9.21 Å². The summed E-state index contributed by atoms with van der Waals surface area (Å²) in [5, 5.41) is 4.57. The summed E-state index contributed by atoms with van der Waals surface area (Å²) in [5.41, 5.74) is 3.98. The maximum absolute atomic E-state index is 13.3. The first kappa shape index (κ1) is 22.0. The molecule has 4 heterocycles. The van der Waals surface area contributed by atoms with E-state index in [0.29, 0.717) is 6.01 Å². The summed E-state index contributed by atoms with van der Waals surface area (Å²) in [6.07, 6.45) is 6.79. The van der Waals surface area contributed by atoms with Crippen molar-refractivity contribution in [3.8, 4) is 0 Å². The lowest BCUT2D eigenvalue weighted by Crippen LogP contribution is -2.52. The van der Waals surface area contributed by atoms with Crippen LogP contribution in [0.1, 0.15) is 31.2 Å². The third-order valence-electron chi connectivity index (χ3n) is 7.39. The van der Waals surface area contributed by atoms with Gasteiger partial charge in [0.05, 0.1) is 5.52 Å². The average molecular weight is 470 g/mol. The zero-order chi connectivity index (χ0) is 23.6. The number of piperidine rings is 1. The largest absolute Gasteiger partial charge is 0.423 e. The Kier molecular flexibility index (Phi) is 6.08. The molecule has 0 saturated carbocycles. The molecule has 2 aromatic heterocycles. The van der Waals surface area contributed by atoms with Gasteiger partial charge in [-0.05, 0) is 61.9 Å². The number of hydrogen-bond acceptors (Lipinski definition) is 6. The van der Waals surface area contributed by atoms with Crippen LogP contribution in [0, 0.1) is 0 Å². The summed E-state index contributed by atoms with van der Waals surface area (Å²) in [6.45, 7) is 3.68. The van der Waals surface area contributed by atoms with E-state index in [9.17, 15) is 4.79 Å². The first-order valence-electron chi connectivity index (χ1n) is 12.7. The lowest BCUT2D eigenvalue weighted by atomic mass is 10.0. The highest BCUT2D eigenvalue weighted by molar-refractivity contribution is 5.86. The van der Waals surface area contributed by atoms with Crippen LogP contribution >= 0.6 is 0 Å². The van der Waals surface area contributed by atoms with Gasteiger partial charge in [-0.25, -0.2) is 0 Å². The van der Waals surface area contributed by atoms with Crippen molar-refractivity contribution in [3.63, 3.8) is 0 Å². The number of pyridine rings is 1. The van der Waals surface area contributed by atoms with E-state index in [0.717, 1.165) is 74.9 Å². The minimum absolute atomic E-state index is 0.0962. The van der Waals surface area contributed by atoms with Crippen molar-refractivity contribution in [1.82, 2.24) is 20.2 Å². The van der Waals surface area contributed by atoms with E-state index < -0.39 is 0 Å². The maximum Gasteiger partial charge on any atom is 0.299 e. The molecule has 0 spiro atoms. The normalized spacial score (nSPS) is 21.1. The minimum atomic E-state index is -0.228. The van der Waals surface area contributed by atoms with Crippen LogP contribution in [-0.2, 0) is 11.2 Å². The maximum atomic E-state index is 13.3. The van der Waals surface area contributed by atoms with Gasteiger partial charge in [0, 0.05) is 43.8 Å². The Morgan fingerprint density at radius 1 is 1.00 bits per heavy atom. The van der Waals surface area contributed by atoms with Crippen molar-refractivity contribution in [2.24, 2.45) is 0 Å². The molecule has 180 valence electrons. The van der Waals surface area contributed by atoms with E-state index in [4.69, 9.17) is 4.42 Å².